The molecule has 2 heterocycles. The third-order valence-electron chi connectivity index (χ3n) is 4.55. The largest absolute Gasteiger partial charge is 0.496 e. The van der Waals surface area contributed by atoms with E-state index >= 15 is 0 Å². The molecule has 0 bridgehead atoms. The molecule has 1 fully saturated rings. The van der Waals surface area contributed by atoms with Crippen LogP contribution in [0.3, 0.4) is 0 Å². The summed E-state index contributed by atoms with van der Waals surface area (Å²) in [5, 5.41) is 0. The Balaban J connectivity index is 1.70. The smallest absolute Gasteiger partial charge is 0.227 e. The van der Waals surface area contributed by atoms with Crippen LogP contribution in [0.25, 0.3) is 0 Å². The molecule has 1 amide bonds. The minimum atomic E-state index is 0.146. The Morgan fingerprint density at radius 3 is 3.00 bits per heavy atom. The monoisotopic (exact) mass is 325 g/mol. The fraction of sp³-hybridized carbons (Fsp3) is 0.421. The van der Waals surface area contributed by atoms with Gasteiger partial charge in [0, 0.05) is 43.2 Å². The molecule has 2 aromatic rings. The van der Waals surface area contributed by atoms with Gasteiger partial charge in [-0.05, 0) is 25.8 Å². The molecule has 126 valence electrons. The number of aryl methyl sites for hydroxylation is 1. The van der Waals surface area contributed by atoms with Gasteiger partial charge in [0.1, 0.15) is 5.75 Å². The minimum absolute atomic E-state index is 0.146. The van der Waals surface area contributed by atoms with Gasteiger partial charge in [0.25, 0.3) is 0 Å². The van der Waals surface area contributed by atoms with Crippen LogP contribution < -0.4 is 4.74 Å². The molecule has 24 heavy (non-hydrogen) atoms. The molecule has 0 radical (unpaired) electrons. The summed E-state index contributed by atoms with van der Waals surface area (Å²) in [6.45, 7) is 3.55. The molecule has 1 saturated heterocycles. The molecule has 1 aromatic carbocycles. The molecule has 5 heteroatoms. The van der Waals surface area contributed by atoms with Crippen LogP contribution in [-0.2, 0) is 11.2 Å². The summed E-state index contributed by atoms with van der Waals surface area (Å²) in [5.41, 5.74) is 3.06. The standard InChI is InChI=1S/C19H23N3O2/c1-14-5-6-18(24-2)16(10-14)11-19(23)22-9-3-4-15(13-22)17-12-20-7-8-21-17/h5-8,10,12,15H,3-4,9,11,13H2,1-2H3. The molecule has 0 N–H and O–H groups in total. The first-order valence-corrected chi connectivity index (χ1v) is 8.34. The summed E-state index contributed by atoms with van der Waals surface area (Å²) in [5.74, 6) is 1.19. The van der Waals surface area contributed by atoms with Crippen molar-refractivity contribution >= 4 is 5.91 Å². The van der Waals surface area contributed by atoms with Crippen LogP contribution in [0, 0.1) is 6.92 Å². The lowest BCUT2D eigenvalue weighted by Crippen LogP contribution is -2.40. The van der Waals surface area contributed by atoms with Gasteiger partial charge < -0.3 is 9.64 Å². The number of benzene rings is 1. The number of aromatic nitrogens is 2. The average molecular weight is 325 g/mol. The van der Waals surface area contributed by atoms with Crippen molar-refractivity contribution in [1.82, 2.24) is 14.9 Å². The van der Waals surface area contributed by atoms with Gasteiger partial charge in [0.05, 0.1) is 19.2 Å². The van der Waals surface area contributed by atoms with Crippen molar-refractivity contribution in [3.05, 3.63) is 53.6 Å². The number of amides is 1. The highest BCUT2D eigenvalue weighted by atomic mass is 16.5. The van der Waals surface area contributed by atoms with Crippen LogP contribution >= 0.6 is 0 Å². The first kappa shape index (κ1) is 16.4. The first-order chi connectivity index (χ1) is 11.7. The summed E-state index contributed by atoms with van der Waals surface area (Å²) in [7, 11) is 1.64. The number of nitrogens with zero attached hydrogens (tertiary/aromatic N) is 3. The van der Waals surface area contributed by atoms with Crippen molar-refractivity contribution < 1.29 is 9.53 Å². The lowest BCUT2D eigenvalue weighted by atomic mass is 9.94. The van der Waals surface area contributed by atoms with E-state index in [1.165, 1.54) is 0 Å². The highest BCUT2D eigenvalue weighted by Gasteiger charge is 2.26. The van der Waals surface area contributed by atoms with Crippen LogP contribution in [0.15, 0.2) is 36.8 Å². The molecule has 0 saturated carbocycles. The number of rotatable bonds is 4. The number of hydrogen-bond acceptors (Lipinski definition) is 4. The highest BCUT2D eigenvalue weighted by Crippen LogP contribution is 2.26. The van der Waals surface area contributed by atoms with Gasteiger partial charge in [-0.15, -0.1) is 0 Å². The predicted molar refractivity (Wildman–Crippen MR) is 92.0 cm³/mol. The Kier molecular flexibility index (Phi) is 5.08. The van der Waals surface area contributed by atoms with E-state index in [4.69, 9.17) is 4.74 Å². The molecule has 1 atom stereocenters. The van der Waals surface area contributed by atoms with E-state index in [-0.39, 0.29) is 11.8 Å². The maximum atomic E-state index is 12.8. The van der Waals surface area contributed by atoms with Crippen molar-refractivity contribution in [3.8, 4) is 5.75 Å². The Morgan fingerprint density at radius 2 is 2.25 bits per heavy atom. The third-order valence-corrected chi connectivity index (χ3v) is 4.55. The van der Waals surface area contributed by atoms with Gasteiger partial charge in [-0.25, -0.2) is 0 Å². The number of hydrogen-bond donors (Lipinski definition) is 0. The number of carbonyl (C=O) groups is 1. The molecule has 5 nitrogen and oxygen atoms in total. The fourth-order valence-corrected chi connectivity index (χ4v) is 3.29. The topological polar surface area (TPSA) is 55.3 Å². The molecular weight excluding hydrogens is 302 g/mol. The van der Waals surface area contributed by atoms with Gasteiger partial charge in [-0.3, -0.25) is 14.8 Å². The van der Waals surface area contributed by atoms with Crippen LogP contribution in [0.5, 0.6) is 5.75 Å². The lowest BCUT2D eigenvalue weighted by molar-refractivity contribution is -0.131. The van der Waals surface area contributed by atoms with E-state index in [2.05, 4.69) is 9.97 Å². The van der Waals surface area contributed by atoms with Crippen molar-refractivity contribution in [2.45, 2.75) is 32.1 Å². The third kappa shape index (κ3) is 3.72. The van der Waals surface area contributed by atoms with Crippen LogP contribution in [0.4, 0.5) is 0 Å². The van der Waals surface area contributed by atoms with E-state index in [0.717, 1.165) is 42.0 Å². The van der Waals surface area contributed by atoms with Gasteiger partial charge >= 0.3 is 0 Å². The van der Waals surface area contributed by atoms with Crippen LogP contribution in [-0.4, -0.2) is 41.0 Å². The number of ether oxygens (including phenoxy) is 1. The number of carbonyl (C=O) groups excluding carboxylic acids is 1. The minimum Gasteiger partial charge on any atom is -0.496 e. The van der Waals surface area contributed by atoms with Crippen LogP contribution in [0.1, 0.15) is 35.6 Å². The molecule has 1 aromatic heterocycles. The van der Waals surface area contributed by atoms with Crippen molar-refractivity contribution in [2.24, 2.45) is 0 Å². The van der Waals surface area contributed by atoms with E-state index in [1.54, 1.807) is 19.5 Å². The van der Waals surface area contributed by atoms with Crippen LogP contribution in [0.2, 0.25) is 0 Å². The summed E-state index contributed by atoms with van der Waals surface area (Å²) < 4.78 is 5.39. The summed E-state index contributed by atoms with van der Waals surface area (Å²) >= 11 is 0. The molecule has 0 aliphatic carbocycles. The Hall–Kier alpha value is -2.43. The molecular formula is C19H23N3O2. The maximum absolute atomic E-state index is 12.8. The van der Waals surface area contributed by atoms with Gasteiger partial charge in [0.2, 0.25) is 5.91 Å². The molecule has 3 rings (SSSR count). The summed E-state index contributed by atoms with van der Waals surface area (Å²) in [4.78, 5) is 23.3. The molecule has 1 aliphatic rings. The van der Waals surface area contributed by atoms with Crippen molar-refractivity contribution in [3.63, 3.8) is 0 Å². The van der Waals surface area contributed by atoms with E-state index in [1.807, 2.05) is 36.2 Å². The lowest BCUT2D eigenvalue weighted by Gasteiger charge is -2.32. The van der Waals surface area contributed by atoms with Crippen molar-refractivity contribution in [1.29, 1.82) is 0 Å². The SMILES string of the molecule is COc1ccc(C)cc1CC(=O)N1CCCC(c2cnccn2)C1. The van der Waals surface area contributed by atoms with Gasteiger partial charge in [-0.2, -0.15) is 0 Å². The van der Waals surface area contributed by atoms with E-state index < -0.39 is 0 Å². The number of piperidine rings is 1. The second-order valence-corrected chi connectivity index (χ2v) is 6.30. The zero-order valence-corrected chi connectivity index (χ0v) is 14.2. The summed E-state index contributed by atoms with van der Waals surface area (Å²) in [6.07, 6.45) is 7.63. The Bertz CT molecular complexity index is 703. The quantitative estimate of drug-likeness (QED) is 0.867. The average Bonchev–Trinajstić information content (AvgIpc) is 2.63. The van der Waals surface area contributed by atoms with E-state index in [0.29, 0.717) is 13.0 Å². The Morgan fingerprint density at radius 1 is 1.38 bits per heavy atom. The number of methoxy groups -OCH3 is 1. The normalized spacial score (nSPS) is 17.6. The maximum Gasteiger partial charge on any atom is 0.227 e. The number of likely N-dealkylation sites (tertiary alicyclic amines) is 1. The summed E-state index contributed by atoms with van der Waals surface area (Å²) in [6, 6.07) is 5.95. The van der Waals surface area contributed by atoms with Gasteiger partial charge in [-0.1, -0.05) is 17.7 Å². The predicted octanol–water partition coefficient (Wildman–Crippen LogP) is 2.74. The van der Waals surface area contributed by atoms with Crippen molar-refractivity contribution in [2.75, 3.05) is 20.2 Å². The molecule has 0 spiro atoms. The van der Waals surface area contributed by atoms with Gasteiger partial charge in [0.15, 0.2) is 0 Å². The molecule has 1 aliphatic heterocycles. The Labute approximate surface area is 142 Å². The second-order valence-electron chi connectivity index (χ2n) is 6.30. The zero-order valence-electron chi connectivity index (χ0n) is 14.2. The second kappa shape index (κ2) is 7.43. The highest BCUT2D eigenvalue weighted by molar-refractivity contribution is 5.79. The van der Waals surface area contributed by atoms with E-state index in [9.17, 15) is 4.79 Å². The first-order valence-electron chi connectivity index (χ1n) is 8.34. The molecule has 1 unspecified atom stereocenters. The fourth-order valence-electron chi connectivity index (χ4n) is 3.29. The zero-order chi connectivity index (χ0) is 16.9.